The molecule has 1 aromatic heterocycles. The second-order valence-corrected chi connectivity index (χ2v) is 5.17. The van der Waals surface area contributed by atoms with Crippen molar-refractivity contribution >= 4 is 11.9 Å². The molecule has 1 saturated carbocycles. The zero-order valence-electron chi connectivity index (χ0n) is 11.7. The minimum Gasteiger partial charge on any atom is -0.367 e. The number of hydrogen-bond donors (Lipinski definition) is 2. The molecule has 0 unspecified atom stereocenters. The van der Waals surface area contributed by atoms with Gasteiger partial charge in [-0.2, -0.15) is 5.26 Å². The predicted molar refractivity (Wildman–Crippen MR) is 81.9 cm³/mol. The molecule has 21 heavy (non-hydrogen) atoms. The molecule has 0 aromatic carbocycles. The zero-order chi connectivity index (χ0) is 14.5. The fourth-order valence-corrected chi connectivity index (χ4v) is 2.66. The van der Waals surface area contributed by atoms with Crippen LogP contribution in [0.15, 0.2) is 47.0 Å². The summed E-state index contributed by atoms with van der Waals surface area (Å²) in [7, 11) is 0. The number of nitriles is 1. The summed E-state index contributed by atoms with van der Waals surface area (Å²) in [6.45, 7) is 0. The van der Waals surface area contributed by atoms with E-state index in [2.05, 4.69) is 26.7 Å². The Morgan fingerprint density at radius 3 is 2.90 bits per heavy atom. The summed E-state index contributed by atoms with van der Waals surface area (Å²) >= 11 is 0. The third-order valence-electron chi connectivity index (χ3n) is 3.71. The fourth-order valence-electron chi connectivity index (χ4n) is 2.66. The van der Waals surface area contributed by atoms with Gasteiger partial charge in [0.2, 0.25) is 0 Å². The van der Waals surface area contributed by atoms with E-state index < -0.39 is 0 Å². The number of aromatic nitrogens is 1. The van der Waals surface area contributed by atoms with E-state index in [0.29, 0.717) is 17.3 Å². The fraction of sp³-hybridized carbons (Fsp3) is 0.312. The molecule has 1 aliphatic heterocycles. The molecular weight excluding hydrogens is 262 g/mol. The van der Waals surface area contributed by atoms with Gasteiger partial charge >= 0.3 is 0 Å². The first kappa shape index (κ1) is 13.4. The molecule has 1 aromatic rings. The van der Waals surface area contributed by atoms with E-state index in [-0.39, 0.29) is 0 Å². The summed E-state index contributed by atoms with van der Waals surface area (Å²) in [5.74, 6) is 0.805. The molecule has 2 heterocycles. The Morgan fingerprint density at radius 1 is 1.33 bits per heavy atom. The smallest absolute Gasteiger partial charge is 0.130 e. The Kier molecular flexibility index (Phi) is 3.97. The molecule has 0 saturated heterocycles. The lowest BCUT2D eigenvalue weighted by Gasteiger charge is -2.17. The van der Waals surface area contributed by atoms with Crippen LogP contribution in [0.25, 0.3) is 5.57 Å². The van der Waals surface area contributed by atoms with Crippen molar-refractivity contribution in [1.29, 1.82) is 5.26 Å². The van der Waals surface area contributed by atoms with Crippen molar-refractivity contribution in [1.82, 2.24) is 15.6 Å². The van der Waals surface area contributed by atoms with Gasteiger partial charge in [0.25, 0.3) is 0 Å². The number of aliphatic imine (C=N–C) groups is 1. The van der Waals surface area contributed by atoms with E-state index in [1.165, 1.54) is 25.7 Å². The summed E-state index contributed by atoms with van der Waals surface area (Å²) in [6.07, 6.45) is 10.1. The van der Waals surface area contributed by atoms with Crippen LogP contribution in [-0.2, 0) is 0 Å². The molecular formula is C16H17N5. The first-order valence-electron chi connectivity index (χ1n) is 7.20. The highest BCUT2D eigenvalue weighted by Crippen LogP contribution is 2.21. The maximum atomic E-state index is 9.42. The van der Waals surface area contributed by atoms with Gasteiger partial charge < -0.3 is 10.6 Å². The molecule has 0 atom stereocenters. The second kappa shape index (κ2) is 6.23. The van der Waals surface area contributed by atoms with Crippen molar-refractivity contribution in [3.63, 3.8) is 0 Å². The molecule has 0 radical (unpaired) electrons. The van der Waals surface area contributed by atoms with E-state index >= 15 is 0 Å². The van der Waals surface area contributed by atoms with Crippen molar-refractivity contribution < 1.29 is 0 Å². The first-order valence-corrected chi connectivity index (χ1v) is 7.20. The van der Waals surface area contributed by atoms with E-state index in [4.69, 9.17) is 0 Å². The Hall–Kier alpha value is -2.61. The van der Waals surface area contributed by atoms with E-state index in [9.17, 15) is 5.26 Å². The molecule has 5 nitrogen and oxygen atoms in total. The topological polar surface area (TPSA) is 73.1 Å². The Balaban J connectivity index is 1.86. The summed E-state index contributed by atoms with van der Waals surface area (Å²) in [5, 5.41) is 15.9. The van der Waals surface area contributed by atoms with Crippen molar-refractivity contribution in [3.05, 3.63) is 47.7 Å². The normalized spacial score (nSPS) is 20.4. The SMILES string of the molecule is N#C/C(=C1\C=C(NC2CCCC2)N=CN1)c1ccccn1. The van der Waals surface area contributed by atoms with E-state index in [1.54, 1.807) is 12.5 Å². The number of nitrogens with zero attached hydrogens (tertiary/aromatic N) is 3. The van der Waals surface area contributed by atoms with Crippen LogP contribution in [0.3, 0.4) is 0 Å². The highest BCUT2D eigenvalue weighted by molar-refractivity contribution is 5.82. The number of allylic oxidation sites excluding steroid dienone is 2. The van der Waals surface area contributed by atoms with Gasteiger partial charge in [0.1, 0.15) is 17.5 Å². The molecule has 3 rings (SSSR count). The van der Waals surface area contributed by atoms with E-state index in [0.717, 1.165) is 11.5 Å². The van der Waals surface area contributed by atoms with Gasteiger partial charge in [0.05, 0.1) is 17.7 Å². The van der Waals surface area contributed by atoms with Crippen LogP contribution in [0.1, 0.15) is 31.4 Å². The van der Waals surface area contributed by atoms with Crippen molar-refractivity contribution in [2.24, 2.45) is 4.99 Å². The van der Waals surface area contributed by atoms with Crippen LogP contribution in [0, 0.1) is 11.3 Å². The van der Waals surface area contributed by atoms with Gasteiger partial charge in [0.15, 0.2) is 0 Å². The van der Waals surface area contributed by atoms with Crippen LogP contribution >= 0.6 is 0 Å². The molecule has 0 amide bonds. The van der Waals surface area contributed by atoms with Gasteiger partial charge in [-0.05, 0) is 25.0 Å². The van der Waals surface area contributed by atoms with Gasteiger partial charge in [-0.1, -0.05) is 18.9 Å². The predicted octanol–water partition coefficient (Wildman–Crippen LogP) is 2.32. The van der Waals surface area contributed by atoms with Crippen LogP contribution in [0.5, 0.6) is 0 Å². The second-order valence-electron chi connectivity index (χ2n) is 5.17. The number of nitrogens with one attached hydrogen (secondary N) is 2. The average Bonchev–Trinajstić information content (AvgIpc) is 3.02. The van der Waals surface area contributed by atoms with Crippen molar-refractivity contribution in [2.75, 3.05) is 0 Å². The monoisotopic (exact) mass is 279 g/mol. The highest BCUT2D eigenvalue weighted by Gasteiger charge is 2.17. The third-order valence-corrected chi connectivity index (χ3v) is 3.71. The van der Waals surface area contributed by atoms with Gasteiger partial charge in [0, 0.05) is 18.3 Å². The molecule has 2 N–H and O–H groups in total. The lowest BCUT2D eigenvalue weighted by atomic mass is 10.1. The third kappa shape index (κ3) is 3.11. The summed E-state index contributed by atoms with van der Waals surface area (Å²) in [5.41, 5.74) is 1.91. The summed E-state index contributed by atoms with van der Waals surface area (Å²) in [4.78, 5) is 8.54. The summed E-state index contributed by atoms with van der Waals surface area (Å²) < 4.78 is 0. The zero-order valence-corrected chi connectivity index (χ0v) is 11.7. The van der Waals surface area contributed by atoms with Crippen LogP contribution in [0.4, 0.5) is 0 Å². The van der Waals surface area contributed by atoms with Crippen molar-refractivity contribution in [3.8, 4) is 6.07 Å². The Morgan fingerprint density at radius 2 is 2.19 bits per heavy atom. The minimum atomic E-state index is 0.494. The van der Waals surface area contributed by atoms with Crippen LogP contribution < -0.4 is 10.6 Å². The molecule has 106 valence electrons. The highest BCUT2D eigenvalue weighted by atomic mass is 15.1. The maximum Gasteiger partial charge on any atom is 0.130 e. The maximum absolute atomic E-state index is 9.42. The number of pyridine rings is 1. The van der Waals surface area contributed by atoms with Gasteiger partial charge in [-0.15, -0.1) is 0 Å². The molecule has 0 bridgehead atoms. The lowest BCUT2D eigenvalue weighted by molar-refractivity contribution is 0.579. The van der Waals surface area contributed by atoms with E-state index in [1.807, 2.05) is 24.3 Å². The summed E-state index contributed by atoms with van der Waals surface area (Å²) in [6, 6.07) is 8.26. The quantitative estimate of drug-likeness (QED) is 0.833. The average molecular weight is 279 g/mol. The van der Waals surface area contributed by atoms with Gasteiger partial charge in [-0.25, -0.2) is 4.99 Å². The molecule has 1 fully saturated rings. The number of rotatable bonds is 3. The lowest BCUT2D eigenvalue weighted by Crippen LogP contribution is -2.28. The van der Waals surface area contributed by atoms with Crippen molar-refractivity contribution in [2.45, 2.75) is 31.7 Å². The number of hydrogen-bond acceptors (Lipinski definition) is 5. The standard InChI is InChI=1S/C16H17N5/c17-10-13(14-7-3-4-8-18-14)15-9-16(20-11-19-15)21-12-5-1-2-6-12/h3-4,7-9,11-12,21H,1-2,5-6H2,(H,19,20)/b15-13-. The first-order chi connectivity index (χ1) is 10.4. The van der Waals surface area contributed by atoms with Crippen LogP contribution in [0.2, 0.25) is 0 Å². The largest absolute Gasteiger partial charge is 0.367 e. The molecule has 5 heteroatoms. The molecule has 1 aliphatic carbocycles. The Bertz CT molecular complexity index is 630. The minimum absolute atomic E-state index is 0.494. The van der Waals surface area contributed by atoms with Crippen LogP contribution in [-0.4, -0.2) is 17.4 Å². The Labute approximate surface area is 124 Å². The van der Waals surface area contributed by atoms with Gasteiger partial charge in [-0.3, -0.25) is 4.98 Å². The molecule has 2 aliphatic rings. The molecule has 0 spiro atoms.